The normalized spacial score (nSPS) is 20.6. The number of aromatic nitrogens is 3. The minimum atomic E-state index is -5.25. The molecule has 2 aromatic heterocycles. The summed E-state index contributed by atoms with van der Waals surface area (Å²) in [6.07, 6.45) is -14.0. The molecule has 0 spiro atoms. The third-order valence-corrected chi connectivity index (χ3v) is 7.16. The van der Waals surface area contributed by atoms with Crippen molar-refractivity contribution < 1.29 is 64.4 Å². The first-order valence-corrected chi connectivity index (χ1v) is 16.0. The quantitative estimate of drug-likeness (QED) is 0.224. The number of allylic oxidation sites excluding steroid dienone is 2. The van der Waals surface area contributed by atoms with Crippen molar-refractivity contribution in [1.29, 1.82) is 0 Å². The van der Waals surface area contributed by atoms with Crippen molar-refractivity contribution in [3.8, 4) is 17.5 Å². The highest BCUT2D eigenvalue weighted by Gasteiger charge is 2.61. The van der Waals surface area contributed by atoms with Gasteiger partial charge in [-0.05, 0) is 79.4 Å². The Morgan fingerprint density at radius 3 is 2.13 bits per heavy atom. The van der Waals surface area contributed by atoms with Gasteiger partial charge >= 0.3 is 24.5 Å². The number of imide groups is 1. The lowest BCUT2D eigenvalue weighted by atomic mass is 9.93. The number of alkyl halides is 6. The van der Waals surface area contributed by atoms with Gasteiger partial charge in [-0.3, -0.25) is 0 Å². The van der Waals surface area contributed by atoms with E-state index in [0.29, 0.717) is 6.07 Å². The zero-order chi connectivity index (χ0) is 39.4. The number of aliphatic hydroxyl groups is 1. The van der Waals surface area contributed by atoms with Crippen LogP contribution in [0.15, 0.2) is 47.4 Å². The molecule has 4 bridgehead atoms. The molecule has 52 heavy (non-hydrogen) atoms. The average molecular weight is 749 g/mol. The summed E-state index contributed by atoms with van der Waals surface area (Å²) in [4.78, 5) is 31.2. The molecule has 2 aromatic rings. The molecule has 0 fully saturated rings. The van der Waals surface area contributed by atoms with Crippen molar-refractivity contribution in [3.63, 3.8) is 0 Å². The molecule has 1 N–H and O–H groups in total. The molecule has 0 saturated heterocycles. The summed E-state index contributed by atoms with van der Waals surface area (Å²) in [6.45, 7) is 16.2. The number of halogens is 6. The van der Waals surface area contributed by atoms with Crippen molar-refractivity contribution in [3.05, 3.63) is 54.5 Å². The Hall–Kier alpha value is -4.45. The predicted molar refractivity (Wildman–Crippen MR) is 174 cm³/mol. The van der Waals surface area contributed by atoms with E-state index in [1.807, 2.05) is 0 Å². The summed E-state index contributed by atoms with van der Waals surface area (Å²) in [5.74, 6) is -3.26. The first-order valence-electron chi connectivity index (χ1n) is 16.0. The van der Waals surface area contributed by atoms with E-state index in [9.17, 15) is 27.9 Å². The van der Waals surface area contributed by atoms with Crippen LogP contribution in [0.5, 0.6) is 5.88 Å². The predicted octanol–water partition coefficient (Wildman–Crippen LogP) is 8.60. The zero-order valence-electron chi connectivity index (χ0n) is 29.8. The van der Waals surface area contributed by atoms with Gasteiger partial charge in [-0.2, -0.15) is 31.2 Å². The van der Waals surface area contributed by atoms with E-state index in [-0.39, 0.29) is 29.7 Å². The maximum Gasteiger partial charge on any atom is 0.426 e. The van der Waals surface area contributed by atoms with Crippen molar-refractivity contribution in [2.24, 2.45) is 0 Å². The molecule has 2 unspecified atom stereocenters. The number of anilines is 1. The van der Waals surface area contributed by atoms with Crippen LogP contribution in [0.1, 0.15) is 85.6 Å². The third-order valence-electron chi connectivity index (χ3n) is 7.16. The van der Waals surface area contributed by atoms with Crippen LogP contribution in [0.25, 0.3) is 11.6 Å². The van der Waals surface area contributed by atoms with Gasteiger partial charge in [0.25, 0.3) is 11.8 Å². The fraction of sp³-hybridized carbons (Fsp3) is 0.559. The van der Waals surface area contributed by atoms with Gasteiger partial charge in [-0.25, -0.2) is 14.6 Å². The average Bonchev–Trinajstić information content (AvgIpc) is 3.45. The maximum absolute atomic E-state index is 15.2. The molecule has 3 heterocycles. The molecule has 12 nitrogen and oxygen atoms in total. The number of hydrogen-bond acceptors (Lipinski definition) is 11. The van der Waals surface area contributed by atoms with Crippen LogP contribution < -0.4 is 9.64 Å². The van der Waals surface area contributed by atoms with Crippen LogP contribution in [0, 0.1) is 0 Å². The van der Waals surface area contributed by atoms with E-state index in [2.05, 4.69) is 28.3 Å². The Morgan fingerprint density at radius 2 is 1.63 bits per heavy atom. The number of rotatable bonds is 6. The Kier molecular flexibility index (Phi) is 12.6. The lowest BCUT2D eigenvalue weighted by molar-refractivity contribution is -0.293. The van der Waals surface area contributed by atoms with Gasteiger partial charge in [0.05, 0.1) is 18.4 Å². The van der Waals surface area contributed by atoms with Crippen molar-refractivity contribution >= 4 is 17.9 Å². The number of fused-ring (bicyclic) bond motifs is 5. The van der Waals surface area contributed by atoms with Crippen LogP contribution in [0.4, 0.5) is 41.6 Å². The Morgan fingerprint density at radius 1 is 1.04 bits per heavy atom. The molecule has 3 rings (SSSR count). The summed E-state index contributed by atoms with van der Waals surface area (Å²) in [5, 5.41) is 18.0. The summed E-state index contributed by atoms with van der Waals surface area (Å²) < 4.78 is 117. The summed E-state index contributed by atoms with van der Waals surface area (Å²) >= 11 is 0. The van der Waals surface area contributed by atoms with Crippen molar-refractivity contribution in [2.75, 3.05) is 11.5 Å². The first kappa shape index (κ1) is 42.0. The Bertz CT molecular complexity index is 1630. The fourth-order valence-corrected chi connectivity index (χ4v) is 4.92. The lowest BCUT2D eigenvalue weighted by Crippen LogP contribution is -2.46. The van der Waals surface area contributed by atoms with Crippen LogP contribution in [0.2, 0.25) is 0 Å². The zero-order valence-corrected chi connectivity index (χ0v) is 29.8. The minimum absolute atomic E-state index is 0.0853. The first-order chi connectivity index (χ1) is 23.8. The van der Waals surface area contributed by atoms with Gasteiger partial charge in [0.1, 0.15) is 22.9 Å². The van der Waals surface area contributed by atoms with Gasteiger partial charge in [-0.15, -0.1) is 10.2 Å². The molecule has 0 aliphatic carbocycles. The second-order valence-corrected chi connectivity index (χ2v) is 13.9. The number of aliphatic hydroxyl groups excluding tert-OH is 1. The molecule has 0 radical (unpaired) electrons. The topological polar surface area (TPSA) is 146 Å². The van der Waals surface area contributed by atoms with E-state index >= 15 is 13.2 Å². The summed E-state index contributed by atoms with van der Waals surface area (Å²) in [7, 11) is 0. The highest BCUT2D eigenvalue weighted by Crippen LogP contribution is 2.48. The largest absolute Gasteiger partial charge is 0.474 e. The standard InChI is InChI=1S/C34H42F6N4O8/c1-10-13-20(11-2)18-48-32(34(38,39)40)15-12-14-21(45)16-19(3)49-25-22(33(35,36)37)17-23(24(41-25)26-42-43-27(32)50-26)44(28(46)51-30(4,5)6)29(47)52-31(7,8)9/h10-11,13,17,19,21,45H,1-2,12,14-16,18H2,3-9H3/b20-13+/t19-,21?,32?/m1/s1. The number of ether oxygens (including phenoxy) is 4. The lowest BCUT2D eigenvalue weighted by Gasteiger charge is -2.33. The van der Waals surface area contributed by atoms with Crippen molar-refractivity contribution in [1.82, 2.24) is 15.2 Å². The summed E-state index contributed by atoms with van der Waals surface area (Å²) in [5.41, 5.74) is -9.25. The highest BCUT2D eigenvalue weighted by atomic mass is 19.4. The number of hydrogen-bond donors (Lipinski definition) is 1. The monoisotopic (exact) mass is 748 g/mol. The Balaban J connectivity index is 2.47. The van der Waals surface area contributed by atoms with E-state index < -0.39 is 101 Å². The van der Waals surface area contributed by atoms with E-state index in [1.54, 1.807) is 0 Å². The van der Waals surface area contributed by atoms with Gasteiger partial charge < -0.3 is 28.5 Å². The van der Waals surface area contributed by atoms with Crippen LogP contribution >= 0.6 is 0 Å². The number of carbonyl (C=O) groups is 2. The Labute approximate surface area is 296 Å². The van der Waals surface area contributed by atoms with E-state index in [1.165, 1.54) is 66.7 Å². The molecule has 288 valence electrons. The molecule has 0 saturated carbocycles. The summed E-state index contributed by atoms with van der Waals surface area (Å²) in [6, 6.07) is 0.300. The molecule has 1 aliphatic heterocycles. The molecule has 0 aromatic carbocycles. The molecular weight excluding hydrogens is 706 g/mol. The van der Waals surface area contributed by atoms with Gasteiger partial charge in [0.15, 0.2) is 5.69 Å². The number of carbonyl (C=O) groups excluding carboxylic acids is 2. The highest BCUT2D eigenvalue weighted by molar-refractivity contribution is 6.11. The van der Waals surface area contributed by atoms with Gasteiger partial charge in [-0.1, -0.05) is 31.4 Å². The van der Waals surface area contributed by atoms with Crippen molar-refractivity contribution in [2.45, 2.75) is 116 Å². The smallest absolute Gasteiger partial charge is 0.426 e. The molecular formula is C34H42F6N4O8. The van der Waals surface area contributed by atoms with Crippen LogP contribution in [-0.2, 0) is 26.0 Å². The molecule has 2 amide bonds. The van der Waals surface area contributed by atoms with E-state index in [0.717, 1.165) is 0 Å². The maximum atomic E-state index is 15.2. The third kappa shape index (κ3) is 10.3. The van der Waals surface area contributed by atoms with E-state index in [4.69, 9.17) is 23.4 Å². The minimum Gasteiger partial charge on any atom is -0.474 e. The second-order valence-electron chi connectivity index (χ2n) is 13.9. The number of amides is 2. The fourth-order valence-electron chi connectivity index (χ4n) is 4.92. The van der Waals surface area contributed by atoms with Gasteiger partial charge in [0, 0.05) is 6.42 Å². The molecule has 18 heteroatoms. The molecule has 1 aliphatic rings. The van der Waals surface area contributed by atoms with Gasteiger partial charge in [0.2, 0.25) is 11.5 Å². The molecule has 3 atom stereocenters. The van der Waals surface area contributed by atoms with Crippen LogP contribution in [0.3, 0.4) is 0 Å². The number of pyridine rings is 1. The SMILES string of the molecule is C=C/C=C(\C=C)COC1(C(F)(F)F)CCCC(O)C[C@@H](C)Oc2nc(c(N(C(=O)OC(C)(C)C)C(=O)OC(C)(C)C)cc2C(F)(F)F)-c2nnc1o2. The number of nitrogens with zero attached hydrogens (tertiary/aromatic N) is 4. The van der Waals surface area contributed by atoms with Crippen LogP contribution in [-0.4, -0.2) is 68.7 Å². The second kappa shape index (κ2) is 15.7.